The highest BCUT2D eigenvalue weighted by Gasteiger charge is 2.38. The van der Waals surface area contributed by atoms with Crippen molar-refractivity contribution in [3.8, 4) is 0 Å². The Labute approximate surface area is 92.8 Å². The van der Waals surface area contributed by atoms with E-state index in [-0.39, 0.29) is 26.2 Å². The lowest BCUT2D eigenvalue weighted by Crippen LogP contribution is -2.42. The van der Waals surface area contributed by atoms with Crippen LogP contribution < -0.4 is 5.73 Å². The SMILES string of the molecule is NCCOCC(=O)N1C[C@H](O)C[C@@H]1C(=O)O. The Morgan fingerprint density at radius 2 is 2.19 bits per heavy atom. The van der Waals surface area contributed by atoms with Gasteiger partial charge in [0.1, 0.15) is 12.6 Å². The zero-order valence-electron chi connectivity index (χ0n) is 8.83. The minimum absolute atomic E-state index is 0.0434. The third-order valence-corrected chi connectivity index (χ3v) is 2.37. The van der Waals surface area contributed by atoms with Crippen molar-refractivity contribution in [1.82, 2.24) is 4.90 Å². The van der Waals surface area contributed by atoms with Crippen LogP contribution >= 0.6 is 0 Å². The zero-order chi connectivity index (χ0) is 12.1. The molecule has 0 radical (unpaired) electrons. The maximum Gasteiger partial charge on any atom is 0.326 e. The molecule has 16 heavy (non-hydrogen) atoms. The number of aliphatic carboxylic acids is 1. The molecule has 0 saturated carbocycles. The largest absolute Gasteiger partial charge is 0.480 e. The molecular weight excluding hydrogens is 216 g/mol. The van der Waals surface area contributed by atoms with Crippen molar-refractivity contribution in [3.63, 3.8) is 0 Å². The lowest BCUT2D eigenvalue weighted by Gasteiger charge is -2.20. The van der Waals surface area contributed by atoms with E-state index in [2.05, 4.69) is 0 Å². The van der Waals surface area contributed by atoms with Crippen LogP contribution in [0.15, 0.2) is 0 Å². The minimum atomic E-state index is -1.11. The van der Waals surface area contributed by atoms with E-state index in [9.17, 15) is 14.7 Å². The molecule has 4 N–H and O–H groups in total. The Morgan fingerprint density at radius 1 is 1.50 bits per heavy atom. The first-order valence-electron chi connectivity index (χ1n) is 5.04. The summed E-state index contributed by atoms with van der Waals surface area (Å²) in [6.45, 7) is 0.396. The normalized spacial score (nSPS) is 24.8. The second-order valence-corrected chi connectivity index (χ2v) is 3.63. The van der Waals surface area contributed by atoms with Crippen molar-refractivity contribution >= 4 is 11.9 Å². The average Bonchev–Trinajstić information content (AvgIpc) is 2.61. The van der Waals surface area contributed by atoms with Gasteiger partial charge >= 0.3 is 5.97 Å². The Kier molecular flexibility index (Phi) is 4.66. The number of rotatable bonds is 5. The van der Waals surface area contributed by atoms with Crippen LogP contribution in [-0.2, 0) is 14.3 Å². The van der Waals surface area contributed by atoms with Gasteiger partial charge in [0.15, 0.2) is 0 Å². The predicted octanol–water partition coefficient (Wildman–Crippen LogP) is -1.99. The van der Waals surface area contributed by atoms with Crippen LogP contribution in [0.2, 0.25) is 0 Å². The molecule has 0 aromatic carbocycles. The maximum atomic E-state index is 11.6. The highest BCUT2D eigenvalue weighted by Crippen LogP contribution is 2.18. The molecule has 92 valence electrons. The maximum absolute atomic E-state index is 11.6. The summed E-state index contributed by atoms with van der Waals surface area (Å²) in [5.41, 5.74) is 5.18. The predicted molar refractivity (Wildman–Crippen MR) is 53.6 cm³/mol. The molecule has 0 spiro atoms. The first-order valence-corrected chi connectivity index (χ1v) is 5.04. The van der Waals surface area contributed by atoms with E-state index in [0.717, 1.165) is 4.90 Å². The third kappa shape index (κ3) is 3.16. The summed E-state index contributed by atoms with van der Waals surface area (Å²) in [5, 5.41) is 18.2. The highest BCUT2D eigenvalue weighted by atomic mass is 16.5. The molecule has 1 saturated heterocycles. The molecule has 0 aromatic rings. The molecule has 7 heteroatoms. The van der Waals surface area contributed by atoms with Crippen LogP contribution in [0.5, 0.6) is 0 Å². The quantitative estimate of drug-likeness (QED) is 0.473. The molecule has 1 fully saturated rings. The van der Waals surface area contributed by atoms with E-state index in [1.165, 1.54) is 0 Å². The van der Waals surface area contributed by atoms with Crippen LogP contribution in [0.3, 0.4) is 0 Å². The van der Waals surface area contributed by atoms with E-state index >= 15 is 0 Å². The lowest BCUT2D eigenvalue weighted by molar-refractivity contribution is -0.150. The van der Waals surface area contributed by atoms with Gasteiger partial charge in [-0.25, -0.2) is 4.79 Å². The molecule has 1 aliphatic rings. The second-order valence-electron chi connectivity index (χ2n) is 3.63. The summed E-state index contributed by atoms with van der Waals surface area (Å²) in [6, 6.07) is -0.955. The molecule has 0 unspecified atom stereocenters. The Balaban J connectivity index is 2.50. The van der Waals surface area contributed by atoms with Gasteiger partial charge < -0.3 is 25.6 Å². The van der Waals surface area contributed by atoms with Crippen molar-refractivity contribution < 1.29 is 24.5 Å². The van der Waals surface area contributed by atoms with Crippen molar-refractivity contribution in [2.75, 3.05) is 26.3 Å². The van der Waals surface area contributed by atoms with E-state index in [1.54, 1.807) is 0 Å². The van der Waals surface area contributed by atoms with Crippen LogP contribution in [0.25, 0.3) is 0 Å². The number of carbonyl (C=O) groups excluding carboxylic acids is 1. The summed E-state index contributed by atoms with van der Waals surface area (Å²) >= 11 is 0. The topological polar surface area (TPSA) is 113 Å². The summed E-state index contributed by atoms with van der Waals surface area (Å²) in [5.74, 6) is -1.54. The smallest absolute Gasteiger partial charge is 0.326 e. The molecule has 1 heterocycles. The number of nitrogens with two attached hydrogens (primary N) is 1. The molecule has 1 aliphatic heterocycles. The number of nitrogens with zero attached hydrogens (tertiary/aromatic N) is 1. The van der Waals surface area contributed by atoms with Crippen LogP contribution in [-0.4, -0.2) is 65.4 Å². The number of hydrogen-bond donors (Lipinski definition) is 3. The number of likely N-dealkylation sites (tertiary alicyclic amines) is 1. The van der Waals surface area contributed by atoms with Crippen molar-refractivity contribution in [2.24, 2.45) is 5.73 Å². The number of carbonyl (C=O) groups is 2. The number of carboxylic acid groups (broad SMARTS) is 1. The van der Waals surface area contributed by atoms with Gasteiger partial charge in [0.25, 0.3) is 0 Å². The zero-order valence-corrected chi connectivity index (χ0v) is 8.83. The Bertz CT molecular complexity index is 271. The van der Waals surface area contributed by atoms with Gasteiger partial charge in [-0.15, -0.1) is 0 Å². The summed E-state index contributed by atoms with van der Waals surface area (Å²) in [6.07, 6.45) is -0.711. The highest BCUT2D eigenvalue weighted by molar-refractivity contribution is 5.85. The fourth-order valence-corrected chi connectivity index (χ4v) is 1.65. The summed E-state index contributed by atoms with van der Waals surface area (Å²) in [4.78, 5) is 23.5. The first kappa shape index (κ1) is 12.9. The molecule has 0 bridgehead atoms. The number of amides is 1. The van der Waals surface area contributed by atoms with Gasteiger partial charge in [-0.3, -0.25) is 4.79 Å². The van der Waals surface area contributed by atoms with Crippen molar-refractivity contribution in [2.45, 2.75) is 18.6 Å². The Morgan fingerprint density at radius 3 is 2.75 bits per heavy atom. The van der Waals surface area contributed by atoms with Crippen molar-refractivity contribution in [1.29, 1.82) is 0 Å². The van der Waals surface area contributed by atoms with Gasteiger partial charge in [0.05, 0.1) is 12.7 Å². The van der Waals surface area contributed by atoms with Crippen molar-refractivity contribution in [3.05, 3.63) is 0 Å². The average molecular weight is 232 g/mol. The van der Waals surface area contributed by atoms with E-state index in [0.29, 0.717) is 6.54 Å². The number of aliphatic hydroxyl groups excluding tert-OH is 1. The number of hydrogen-bond acceptors (Lipinski definition) is 5. The van der Waals surface area contributed by atoms with Crippen LogP contribution in [0, 0.1) is 0 Å². The van der Waals surface area contributed by atoms with E-state index < -0.39 is 24.0 Å². The van der Waals surface area contributed by atoms with Gasteiger partial charge in [0, 0.05) is 19.5 Å². The molecule has 0 aromatic heterocycles. The van der Waals surface area contributed by atoms with E-state index in [1.807, 2.05) is 0 Å². The number of ether oxygens (including phenoxy) is 1. The fraction of sp³-hybridized carbons (Fsp3) is 0.778. The summed E-state index contributed by atoms with van der Waals surface area (Å²) in [7, 11) is 0. The number of aliphatic hydroxyl groups is 1. The standard InChI is InChI=1S/C9H16N2O5/c10-1-2-16-5-8(13)11-4-6(12)3-7(11)9(14)15/h6-7,12H,1-5,10H2,(H,14,15)/t6-,7-/m1/s1. The summed E-state index contributed by atoms with van der Waals surface area (Å²) < 4.78 is 4.93. The van der Waals surface area contributed by atoms with Gasteiger partial charge in [-0.2, -0.15) is 0 Å². The van der Waals surface area contributed by atoms with Crippen LogP contribution in [0.1, 0.15) is 6.42 Å². The van der Waals surface area contributed by atoms with E-state index in [4.69, 9.17) is 15.6 Å². The van der Waals surface area contributed by atoms with Gasteiger partial charge in [-0.05, 0) is 0 Å². The monoisotopic (exact) mass is 232 g/mol. The minimum Gasteiger partial charge on any atom is -0.480 e. The number of β-amino-alcohol motifs (C(OH)–C–C–N with tert-alkyl or cyclic N) is 1. The molecule has 7 nitrogen and oxygen atoms in total. The van der Waals surface area contributed by atoms with Crippen LogP contribution in [0.4, 0.5) is 0 Å². The molecular formula is C9H16N2O5. The van der Waals surface area contributed by atoms with Gasteiger partial charge in [-0.1, -0.05) is 0 Å². The Hall–Kier alpha value is -1.18. The third-order valence-electron chi connectivity index (χ3n) is 2.37. The molecule has 2 atom stereocenters. The molecule has 1 rings (SSSR count). The second kappa shape index (κ2) is 5.78. The first-order chi connectivity index (χ1) is 7.56. The number of carboxylic acids is 1. The molecule has 0 aliphatic carbocycles. The fourth-order valence-electron chi connectivity index (χ4n) is 1.65. The van der Waals surface area contributed by atoms with Gasteiger partial charge in [0.2, 0.25) is 5.91 Å². The molecule has 1 amide bonds. The lowest BCUT2D eigenvalue weighted by atomic mass is 10.2.